The van der Waals surface area contributed by atoms with E-state index in [1.165, 1.54) is 31.3 Å². The summed E-state index contributed by atoms with van der Waals surface area (Å²) < 4.78 is 0. The zero-order valence-electron chi connectivity index (χ0n) is 10.9. The molecule has 1 amide bonds. The molecule has 1 aliphatic rings. The van der Waals surface area contributed by atoms with Gasteiger partial charge in [0, 0.05) is 24.5 Å². The molecule has 3 heteroatoms. The number of rotatable bonds is 4. The van der Waals surface area contributed by atoms with E-state index in [0.717, 1.165) is 24.1 Å². The SMILES string of the molecule is Cc1cnccc1C(=O)NCCC1=CCCCC1. The molecule has 96 valence electrons. The second kappa shape index (κ2) is 6.34. The Morgan fingerprint density at radius 3 is 3.06 bits per heavy atom. The van der Waals surface area contributed by atoms with E-state index >= 15 is 0 Å². The molecular weight excluding hydrogens is 224 g/mol. The van der Waals surface area contributed by atoms with Crippen molar-refractivity contribution in [3.05, 3.63) is 41.2 Å². The molecule has 0 atom stereocenters. The van der Waals surface area contributed by atoms with Crippen LogP contribution in [0, 0.1) is 6.92 Å². The Labute approximate surface area is 108 Å². The Morgan fingerprint density at radius 1 is 1.44 bits per heavy atom. The average molecular weight is 244 g/mol. The minimum atomic E-state index is 0.00584. The van der Waals surface area contributed by atoms with Gasteiger partial charge in [-0.25, -0.2) is 0 Å². The summed E-state index contributed by atoms with van der Waals surface area (Å²) >= 11 is 0. The van der Waals surface area contributed by atoms with Crippen LogP contribution in [-0.2, 0) is 0 Å². The summed E-state index contributed by atoms with van der Waals surface area (Å²) in [6.45, 7) is 2.64. The van der Waals surface area contributed by atoms with Crippen LogP contribution in [0.15, 0.2) is 30.1 Å². The van der Waals surface area contributed by atoms with Gasteiger partial charge in [0.15, 0.2) is 0 Å². The number of nitrogens with one attached hydrogen (secondary N) is 1. The molecule has 1 heterocycles. The van der Waals surface area contributed by atoms with Gasteiger partial charge in [0.2, 0.25) is 0 Å². The van der Waals surface area contributed by atoms with Crippen molar-refractivity contribution >= 4 is 5.91 Å². The molecule has 1 aromatic rings. The molecule has 1 aliphatic carbocycles. The topological polar surface area (TPSA) is 42.0 Å². The summed E-state index contributed by atoms with van der Waals surface area (Å²) in [7, 11) is 0. The fraction of sp³-hybridized carbons (Fsp3) is 0.467. The van der Waals surface area contributed by atoms with Crippen molar-refractivity contribution in [3.63, 3.8) is 0 Å². The molecule has 0 unspecified atom stereocenters. The number of pyridine rings is 1. The molecule has 0 aromatic carbocycles. The van der Waals surface area contributed by atoms with Crippen molar-refractivity contribution in [2.75, 3.05) is 6.54 Å². The minimum Gasteiger partial charge on any atom is -0.352 e. The maximum atomic E-state index is 11.9. The molecule has 0 saturated carbocycles. The zero-order valence-corrected chi connectivity index (χ0v) is 10.9. The van der Waals surface area contributed by atoms with Gasteiger partial charge in [-0.15, -0.1) is 0 Å². The molecule has 1 aromatic heterocycles. The van der Waals surface area contributed by atoms with Crippen LogP contribution in [-0.4, -0.2) is 17.4 Å². The highest BCUT2D eigenvalue weighted by atomic mass is 16.1. The van der Waals surface area contributed by atoms with Crippen LogP contribution in [0.5, 0.6) is 0 Å². The van der Waals surface area contributed by atoms with E-state index in [0.29, 0.717) is 0 Å². The molecule has 0 fully saturated rings. The van der Waals surface area contributed by atoms with Gasteiger partial charge in [0.25, 0.3) is 5.91 Å². The number of aryl methyl sites for hydroxylation is 1. The lowest BCUT2D eigenvalue weighted by Crippen LogP contribution is -2.25. The van der Waals surface area contributed by atoms with Gasteiger partial charge >= 0.3 is 0 Å². The lowest BCUT2D eigenvalue weighted by molar-refractivity contribution is 0.0953. The Bertz CT molecular complexity index is 452. The first-order valence-corrected chi connectivity index (χ1v) is 6.64. The number of carbonyl (C=O) groups is 1. The summed E-state index contributed by atoms with van der Waals surface area (Å²) in [5.74, 6) is 0.00584. The molecule has 2 rings (SSSR count). The third-order valence-corrected chi connectivity index (χ3v) is 3.38. The third-order valence-electron chi connectivity index (χ3n) is 3.38. The molecule has 3 nitrogen and oxygen atoms in total. The number of hydrogen-bond acceptors (Lipinski definition) is 2. The minimum absolute atomic E-state index is 0.00584. The quantitative estimate of drug-likeness (QED) is 0.827. The molecule has 18 heavy (non-hydrogen) atoms. The van der Waals surface area contributed by atoms with E-state index in [1.807, 2.05) is 6.92 Å². The highest BCUT2D eigenvalue weighted by Crippen LogP contribution is 2.19. The van der Waals surface area contributed by atoms with Gasteiger partial charge < -0.3 is 5.32 Å². The maximum Gasteiger partial charge on any atom is 0.251 e. The number of allylic oxidation sites excluding steroid dienone is 1. The van der Waals surface area contributed by atoms with Gasteiger partial charge in [-0.3, -0.25) is 9.78 Å². The van der Waals surface area contributed by atoms with Crippen molar-refractivity contribution in [3.8, 4) is 0 Å². The summed E-state index contributed by atoms with van der Waals surface area (Å²) in [5.41, 5.74) is 3.14. The van der Waals surface area contributed by atoms with E-state index in [2.05, 4.69) is 16.4 Å². The van der Waals surface area contributed by atoms with Crippen LogP contribution in [0.25, 0.3) is 0 Å². The van der Waals surface area contributed by atoms with E-state index < -0.39 is 0 Å². The van der Waals surface area contributed by atoms with Gasteiger partial charge in [-0.2, -0.15) is 0 Å². The first-order valence-electron chi connectivity index (χ1n) is 6.64. The van der Waals surface area contributed by atoms with Gasteiger partial charge in [0.1, 0.15) is 0 Å². The number of hydrogen-bond donors (Lipinski definition) is 1. The molecular formula is C15H20N2O. The average Bonchev–Trinajstić information content (AvgIpc) is 2.40. The van der Waals surface area contributed by atoms with Crippen LogP contribution >= 0.6 is 0 Å². The number of aromatic nitrogens is 1. The summed E-state index contributed by atoms with van der Waals surface area (Å²) in [4.78, 5) is 15.9. The predicted molar refractivity (Wildman–Crippen MR) is 72.5 cm³/mol. The van der Waals surface area contributed by atoms with Crippen molar-refractivity contribution in [2.45, 2.75) is 39.0 Å². The van der Waals surface area contributed by atoms with E-state index in [-0.39, 0.29) is 5.91 Å². The largest absolute Gasteiger partial charge is 0.352 e. The van der Waals surface area contributed by atoms with Crippen molar-refractivity contribution in [2.24, 2.45) is 0 Å². The highest BCUT2D eigenvalue weighted by molar-refractivity contribution is 5.95. The fourth-order valence-electron chi connectivity index (χ4n) is 2.29. The second-order valence-electron chi connectivity index (χ2n) is 4.80. The number of carbonyl (C=O) groups excluding carboxylic acids is 1. The fourth-order valence-corrected chi connectivity index (χ4v) is 2.29. The first kappa shape index (κ1) is 12.8. The predicted octanol–water partition coefficient (Wildman–Crippen LogP) is 3.01. The number of nitrogens with zero attached hydrogens (tertiary/aromatic N) is 1. The molecule has 0 saturated heterocycles. The molecule has 0 aliphatic heterocycles. The molecule has 0 spiro atoms. The number of amides is 1. The molecule has 0 bridgehead atoms. The molecule has 1 N–H and O–H groups in total. The van der Waals surface area contributed by atoms with Gasteiger partial charge in [-0.1, -0.05) is 11.6 Å². The maximum absolute atomic E-state index is 11.9. The third kappa shape index (κ3) is 3.42. The Kier molecular flexibility index (Phi) is 4.51. The highest BCUT2D eigenvalue weighted by Gasteiger charge is 2.08. The summed E-state index contributed by atoms with van der Waals surface area (Å²) in [5, 5.41) is 2.98. The summed E-state index contributed by atoms with van der Waals surface area (Å²) in [6, 6.07) is 1.77. The summed E-state index contributed by atoms with van der Waals surface area (Å²) in [6.07, 6.45) is 11.7. The monoisotopic (exact) mass is 244 g/mol. The van der Waals surface area contributed by atoms with E-state index in [1.54, 1.807) is 18.5 Å². The van der Waals surface area contributed by atoms with Crippen molar-refractivity contribution in [1.82, 2.24) is 10.3 Å². The standard InChI is InChI=1S/C15H20N2O/c1-12-11-16-9-8-14(12)15(18)17-10-7-13-5-3-2-4-6-13/h5,8-9,11H,2-4,6-7,10H2,1H3,(H,17,18). The zero-order chi connectivity index (χ0) is 12.8. The van der Waals surface area contributed by atoms with Crippen molar-refractivity contribution in [1.29, 1.82) is 0 Å². The lowest BCUT2D eigenvalue weighted by atomic mass is 9.97. The Morgan fingerprint density at radius 2 is 2.33 bits per heavy atom. The van der Waals surface area contributed by atoms with Crippen LogP contribution in [0.3, 0.4) is 0 Å². The van der Waals surface area contributed by atoms with Gasteiger partial charge in [0.05, 0.1) is 0 Å². The normalized spacial score (nSPS) is 15.1. The lowest BCUT2D eigenvalue weighted by Gasteiger charge is -2.13. The van der Waals surface area contributed by atoms with E-state index in [4.69, 9.17) is 0 Å². The van der Waals surface area contributed by atoms with Crippen molar-refractivity contribution < 1.29 is 4.79 Å². The molecule has 0 radical (unpaired) electrons. The van der Waals surface area contributed by atoms with E-state index in [9.17, 15) is 4.79 Å². The van der Waals surface area contributed by atoms with Crippen LogP contribution in [0.1, 0.15) is 48.0 Å². The Balaban J connectivity index is 1.82. The van der Waals surface area contributed by atoms with Crippen LogP contribution in [0.4, 0.5) is 0 Å². The smallest absolute Gasteiger partial charge is 0.251 e. The first-order chi connectivity index (χ1) is 8.77. The van der Waals surface area contributed by atoms with Crippen LogP contribution in [0.2, 0.25) is 0 Å². The van der Waals surface area contributed by atoms with Crippen LogP contribution < -0.4 is 5.32 Å². The second-order valence-corrected chi connectivity index (χ2v) is 4.80. The van der Waals surface area contributed by atoms with Gasteiger partial charge in [-0.05, 0) is 50.7 Å². The Hall–Kier alpha value is -1.64.